The molecular formula is C11H15BrN2O2. The Kier molecular flexibility index (Phi) is 5.42. The van der Waals surface area contributed by atoms with Crippen molar-refractivity contribution < 1.29 is 9.53 Å². The average molecular weight is 287 g/mol. The van der Waals surface area contributed by atoms with Crippen molar-refractivity contribution in [2.24, 2.45) is 0 Å². The summed E-state index contributed by atoms with van der Waals surface area (Å²) in [6.45, 7) is 2.58. The van der Waals surface area contributed by atoms with Crippen molar-refractivity contribution in [1.29, 1.82) is 0 Å². The van der Waals surface area contributed by atoms with E-state index in [-0.39, 0.29) is 11.9 Å². The summed E-state index contributed by atoms with van der Waals surface area (Å²) in [5, 5.41) is 2.88. The Morgan fingerprint density at radius 3 is 3.06 bits per heavy atom. The normalized spacial score (nSPS) is 12.2. The van der Waals surface area contributed by atoms with Gasteiger partial charge < -0.3 is 10.1 Å². The van der Waals surface area contributed by atoms with Gasteiger partial charge in [-0.3, -0.25) is 4.79 Å². The molecule has 0 aliphatic carbocycles. The summed E-state index contributed by atoms with van der Waals surface area (Å²) in [5.74, 6) is -0.122. The molecule has 0 bridgehead atoms. The minimum atomic E-state index is -0.122. The molecule has 0 saturated carbocycles. The Labute approximate surface area is 104 Å². The highest BCUT2D eigenvalue weighted by Crippen LogP contribution is 2.12. The van der Waals surface area contributed by atoms with Gasteiger partial charge >= 0.3 is 0 Å². The van der Waals surface area contributed by atoms with E-state index in [1.165, 1.54) is 0 Å². The molecule has 0 fully saturated rings. The fraction of sp³-hybridized carbons (Fsp3) is 0.455. The topological polar surface area (TPSA) is 51.2 Å². The molecular weight excluding hydrogens is 272 g/mol. The third-order valence-corrected chi connectivity index (χ3v) is 2.77. The van der Waals surface area contributed by atoms with Crippen LogP contribution in [0.5, 0.6) is 0 Å². The van der Waals surface area contributed by atoms with Crippen LogP contribution < -0.4 is 5.32 Å². The largest absolute Gasteiger partial charge is 0.385 e. The van der Waals surface area contributed by atoms with E-state index in [2.05, 4.69) is 26.2 Å². The van der Waals surface area contributed by atoms with E-state index in [4.69, 9.17) is 4.74 Å². The quantitative estimate of drug-likeness (QED) is 0.843. The van der Waals surface area contributed by atoms with Gasteiger partial charge in [-0.2, -0.15) is 0 Å². The van der Waals surface area contributed by atoms with Crippen molar-refractivity contribution in [2.45, 2.75) is 19.4 Å². The number of amides is 1. The van der Waals surface area contributed by atoms with E-state index in [1.807, 2.05) is 6.92 Å². The van der Waals surface area contributed by atoms with Crippen LogP contribution in [0.2, 0.25) is 0 Å². The molecule has 0 spiro atoms. The number of carbonyl (C=O) groups is 1. The zero-order valence-electron chi connectivity index (χ0n) is 9.37. The molecule has 0 aliphatic rings. The number of hydrogen-bond donors (Lipinski definition) is 1. The SMILES string of the molecule is COCCC(C)NC(=O)c1cccnc1Br. The number of halogens is 1. The van der Waals surface area contributed by atoms with Crippen LogP contribution in [-0.4, -0.2) is 30.6 Å². The second-order valence-corrected chi connectivity index (χ2v) is 4.25. The Hall–Kier alpha value is -0.940. The number of hydrogen-bond acceptors (Lipinski definition) is 3. The summed E-state index contributed by atoms with van der Waals surface area (Å²) in [4.78, 5) is 15.8. The molecule has 88 valence electrons. The fourth-order valence-electron chi connectivity index (χ4n) is 1.22. The summed E-state index contributed by atoms with van der Waals surface area (Å²) >= 11 is 3.24. The lowest BCUT2D eigenvalue weighted by Gasteiger charge is -2.13. The molecule has 1 aromatic rings. The molecule has 1 aromatic heterocycles. The molecule has 1 atom stereocenters. The smallest absolute Gasteiger partial charge is 0.254 e. The molecule has 0 radical (unpaired) electrons. The number of nitrogens with one attached hydrogen (secondary N) is 1. The van der Waals surface area contributed by atoms with Gasteiger partial charge in [-0.05, 0) is 41.4 Å². The zero-order valence-corrected chi connectivity index (χ0v) is 11.0. The number of methoxy groups -OCH3 is 1. The van der Waals surface area contributed by atoms with Crippen molar-refractivity contribution in [3.05, 3.63) is 28.5 Å². The maximum Gasteiger partial charge on any atom is 0.254 e. The van der Waals surface area contributed by atoms with Crippen molar-refractivity contribution >= 4 is 21.8 Å². The van der Waals surface area contributed by atoms with E-state index in [9.17, 15) is 4.79 Å². The molecule has 4 nitrogen and oxygen atoms in total. The summed E-state index contributed by atoms with van der Waals surface area (Å²) < 4.78 is 5.51. The van der Waals surface area contributed by atoms with Crippen LogP contribution in [0.15, 0.2) is 22.9 Å². The van der Waals surface area contributed by atoms with Gasteiger partial charge in [0.2, 0.25) is 0 Å². The molecule has 1 unspecified atom stereocenters. The summed E-state index contributed by atoms with van der Waals surface area (Å²) in [7, 11) is 1.65. The Morgan fingerprint density at radius 1 is 1.69 bits per heavy atom. The number of rotatable bonds is 5. The van der Waals surface area contributed by atoms with Crippen LogP contribution in [0.1, 0.15) is 23.7 Å². The lowest BCUT2D eigenvalue weighted by Crippen LogP contribution is -2.33. The maximum absolute atomic E-state index is 11.8. The van der Waals surface area contributed by atoms with Crippen LogP contribution in [-0.2, 0) is 4.74 Å². The van der Waals surface area contributed by atoms with Gasteiger partial charge in [0.05, 0.1) is 5.56 Å². The van der Waals surface area contributed by atoms with Crippen molar-refractivity contribution in [1.82, 2.24) is 10.3 Å². The summed E-state index contributed by atoms with van der Waals surface area (Å²) in [6, 6.07) is 3.55. The molecule has 1 rings (SSSR count). The zero-order chi connectivity index (χ0) is 12.0. The number of ether oxygens (including phenoxy) is 1. The number of pyridine rings is 1. The van der Waals surface area contributed by atoms with E-state index in [0.29, 0.717) is 16.8 Å². The number of carbonyl (C=O) groups excluding carboxylic acids is 1. The first kappa shape index (κ1) is 13.1. The lowest BCUT2D eigenvalue weighted by atomic mass is 10.2. The van der Waals surface area contributed by atoms with Gasteiger partial charge in [0.25, 0.3) is 5.91 Å². The molecule has 1 N–H and O–H groups in total. The van der Waals surface area contributed by atoms with Gasteiger partial charge in [0, 0.05) is 26.0 Å². The molecule has 0 aliphatic heterocycles. The summed E-state index contributed by atoms with van der Waals surface area (Å²) in [6.07, 6.45) is 2.43. The van der Waals surface area contributed by atoms with E-state index < -0.39 is 0 Å². The summed E-state index contributed by atoms with van der Waals surface area (Å²) in [5.41, 5.74) is 0.548. The van der Waals surface area contributed by atoms with Gasteiger partial charge in [-0.1, -0.05) is 0 Å². The van der Waals surface area contributed by atoms with Crippen LogP contribution in [0.3, 0.4) is 0 Å². The van der Waals surface area contributed by atoms with Gasteiger partial charge in [0.1, 0.15) is 4.60 Å². The molecule has 5 heteroatoms. The number of aromatic nitrogens is 1. The Morgan fingerprint density at radius 2 is 2.44 bits per heavy atom. The first-order valence-corrected chi connectivity index (χ1v) is 5.84. The van der Waals surface area contributed by atoms with E-state index in [0.717, 1.165) is 6.42 Å². The highest BCUT2D eigenvalue weighted by Gasteiger charge is 2.12. The molecule has 16 heavy (non-hydrogen) atoms. The predicted octanol–water partition coefficient (Wildman–Crippen LogP) is 2.00. The van der Waals surface area contributed by atoms with Crippen LogP contribution >= 0.6 is 15.9 Å². The predicted molar refractivity (Wildman–Crippen MR) is 65.4 cm³/mol. The first-order chi connectivity index (χ1) is 7.65. The Balaban J connectivity index is 2.56. The van der Waals surface area contributed by atoms with Gasteiger partial charge in [0.15, 0.2) is 0 Å². The highest BCUT2D eigenvalue weighted by atomic mass is 79.9. The average Bonchev–Trinajstić information content (AvgIpc) is 2.26. The fourth-order valence-corrected chi connectivity index (χ4v) is 1.65. The number of nitrogens with zero attached hydrogens (tertiary/aromatic N) is 1. The minimum Gasteiger partial charge on any atom is -0.385 e. The third kappa shape index (κ3) is 3.90. The van der Waals surface area contributed by atoms with Crippen molar-refractivity contribution in [2.75, 3.05) is 13.7 Å². The second kappa shape index (κ2) is 6.60. The second-order valence-electron chi connectivity index (χ2n) is 3.50. The van der Waals surface area contributed by atoms with Gasteiger partial charge in [-0.15, -0.1) is 0 Å². The molecule has 0 saturated heterocycles. The van der Waals surface area contributed by atoms with Gasteiger partial charge in [-0.25, -0.2) is 4.98 Å². The highest BCUT2D eigenvalue weighted by molar-refractivity contribution is 9.10. The standard InChI is InChI=1S/C11H15BrN2O2/c1-8(5-7-16-2)14-11(15)9-4-3-6-13-10(9)12/h3-4,6,8H,5,7H2,1-2H3,(H,14,15). The van der Waals surface area contributed by atoms with Crippen molar-refractivity contribution in [3.8, 4) is 0 Å². The lowest BCUT2D eigenvalue weighted by molar-refractivity contribution is 0.0928. The first-order valence-electron chi connectivity index (χ1n) is 5.05. The van der Waals surface area contributed by atoms with E-state index >= 15 is 0 Å². The third-order valence-electron chi connectivity index (χ3n) is 2.14. The minimum absolute atomic E-state index is 0.0829. The molecule has 0 aromatic carbocycles. The van der Waals surface area contributed by atoms with Crippen LogP contribution in [0.4, 0.5) is 0 Å². The molecule has 1 heterocycles. The van der Waals surface area contributed by atoms with E-state index in [1.54, 1.807) is 25.4 Å². The van der Waals surface area contributed by atoms with Crippen LogP contribution in [0.25, 0.3) is 0 Å². The maximum atomic E-state index is 11.8. The van der Waals surface area contributed by atoms with Crippen LogP contribution in [0, 0.1) is 0 Å². The van der Waals surface area contributed by atoms with Crippen molar-refractivity contribution in [3.63, 3.8) is 0 Å². The Bertz CT molecular complexity index is 358. The molecule has 1 amide bonds. The monoisotopic (exact) mass is 286 g/mol.